The van der Waals surface area contributed by atoms with E-state index in [1.165, 1.54) is 18.2 Å². The van der Waals surface area contributed by atoms with E-state index < -0.39 is 19.7 Å². The van der Waals surface area contributed by atoms with E-state index in [1.807, 2.05) is 13.0 Å². The summed E-state index contributed by atoms with van der Waals surface area (Å²) in [7, 11) is -1.17. The number of rotatable bonds is 7. The number of aliphatic hydroxyl groups excluding tert-OH is 1. The maximum Gasteiger partial charge on any atom is 0.295 e. The van der Waals surface area contributed by atoms with Crippen LogP contribution in [0.3, 0.4) is 0 Å². The third kappa shape index (κ3) is 4.78. The van der Waals surface area contributed by atoms with E-state index in [4.69, 9.17) is 14.6 Å². The van der Waals surface area contributed by atoms with Gasteiger partial charge < -0.3 is 24.5 Å². The number of aryl methyl sites for hydroxylation is 1. The summed E-state index contributed by atoms with van der Waals surface area (Å²) in [5.41, 5.74) is 0.985. The van der Waals surface area contributed by atoms with E-state index in [2.05, 4.69) is 15.3 Å². The van der Waals surface area contributed by atoms with Crippen molar-refractivity contribution in [2.24, 2.45) is 0 Å². The number of hydrogen-bond donors (Lipinski definition) is 2. The van der Waals surface area contributed by atoms with Gasteiger partial charge in [0.2, 0.25) is 0 Å². The zero-order valence-electron chi connectivity index (χ0n) is 19.3. The first-order valence-electron chi connectivity index (χ1n) is 11.1. The third-order valence-electron chi connectivity index (χ3n) is 6.10. The number of alkyl halides is 2. The number of anilines is 1. The molecule has 182 valence electrons. The second-order valence-electron chi connectivity index (χ2n) is 8.46. The highest BCUT2D eigenvalue weighted by atomic mass is 31.2. The van der Waals surface area contributed by atoms with Crippen molar-refractivity contribution in [1.29, 1.82) is 0 Å². The lowest BCUT2D eigenvalue weighted by Crippen LogP contribution is -2.23. The predicted molar refractivity (Wildman–Crippen MR) is 128 cm³/mol. The van der Waals surface area contributed by atoms with E-state index in [-0.39, 0.29) is 11.6 Å². The predicted octanol–water partition coefficient (Wildman–Crippen LogP) is 4.22. The van der Waals surface area contributed by atoms with Crippen molar-refractivity contribution in [2.75, 3.05) is 44.6 Å². The largest absolute Gasteiger partial charge is 0.496 e. The molecule has 1 aliphatic rings. The van der Waals surface area contributed by atoms with Crippen molar-refractivity contribution >= 4 is 29.2 Å². The van der Waals surface area contributed by atoms with Crippen LogP contribution < -0.4 is 15.4 Å². The molecule has 10 heteroatoms. The van der Waals surface area contributed by atoms with Crippen molar-refractivity contribution in [3.8, 4) is 5.75 Å². The Hall–Kier alpha value is -2.61. The van der Waals surface area contributed by atoms with Gasteiger partial charge in [0, 0.05) is 35.4 Å². The quantitative estimate of drug-likeness (QED) is 0.478. The SMILES string of the molecule is COc1cc2nc(C)nc(N[C@H](C)c3cccc(C(F)(F)CO)c3)c2cc1P1(=O)CCOCC1. The minimum absolute atomic E-state index is 0.255. The standard InChI is InChI=1S/C24H28F2N3O4P/c1-15(17-5-4-6-18(11-17)24(25,26)14-30)27-23-19-12-22(34(31)9-7-33-8-10-34)21(32-3)13-20(19)28-16(2)29-23/h4-6,11-13,15,30H,7-10,14H2,1-3H3,(H,27,28,29)/t15-/m1/s1. The molecule has 34 heavy (non-hydrogen) atoms. The van der Waals surface area contributed by atoms with Crippen LogP contribution >= 0.6 is 7.14 Å². The molecular weight excluding hydrogens is 463 g/mol. The molecule has 0 unspecified atom stereocenters. The Bertz CT molecular complexity index is 1240. The molecule has 7 nitrogen and oxygen atoms in total. The molecule has 0 spiro atoms. The summed E-state index contributed by atoms with van der Waals surface area (Å²) in [4.78, 5) is 9.07. The van der Waals surface area contributed by atoms with E-state index in [1.54, 1.807) is 26.2 Å². The maximum atomic E-state index is 14.0. The second-order valence-corrected chi connectivity index (χ2v) is 11.6. The Kier molecular flexibility index (Phi) is 6.90. The Labute approximate surface area is 196 Å². The van der Waals surface area contributed by atoms with Gasteiger partial charge in [0.25, 0.3) is 5.92 Å². The molecule has 0 bridgehead atoms. The minimum atomic E-state index is -3.32. The minimum Gasteiger partial charge on any atom is -0.496 e. The number of halogens is 2. The van der Waals surface area contributed by atoms with Crippen LogP contribution in [0.2, 0.25) is 0 Å². The number of nitrogens with one attached hydrogen (secondary N) is 1. The van der Waals surface area contributed by atoms with Gasteiger partial charge in [-0.25, -0.2) is 9.97 Å². The first-order valence-corrected chi connectivity index (χ1v) is 13.1. The number of fused-ring (bicyclic) bond motifs is 1. The Balaban J connectivity index is 1.76. The summed E-state index contributed by atoms with van der Waals surface area (Å²) in [6, 6.07) is 9.16. The van der Waals surface area contributed by atoms with E-state index in [0.29, 0.717) is 64.7 Å². The highest BCUT2D eigenvalue weighted by Gasteiger charge is 2.32. The van der Waals surface area contributed by atoms with Crippen LogP contribution in [0.5, 0.6) is 5.75 Å². The Morgan fingerprint density at radius 3 is 2.65 bits per heavy atom. The van der Waals surface area contributed by atoms with Gasteiger partial charge >= 0.3 is 0 Å². The van der Waals surface area contributed by atoms with Gasteiger partial charge in [-0.05, 0) is 31.5 Å². The molecule has 1 saturated heterocycles. The molecule has 1 fully saturated rings. The normalized spacial score (nSPS) is 16.9. The second kappa shape index (κ2) is 9.56. The summed E-state index contributed by atoms with van der Waals surface area (Å²) >= 11 is 0. The van der Waals surface area contributed by atoms with Gasteiger partial charge in [-0.3, -0.25) is 0 Å². The summed E-state index contributed by atoms with van der Waals surface area (Å²) in [6.07, 6.45) is 0.874. The topological polar surface area (TPSA) is 93.6 Å². The fourth-order valence-electron chi connectivity index (χ4n) is 4.15. The molecule has 0 aliphatic carbocycles. The number of ether oxygens (including phenoxy) is 2. The van der Waals surface area contributed by atoms with Gasteiger partial charge in [0.1, 0.15) is 31.1 Å². The first kappa shape index (κ1) is 24.5. The zero-order chi connectivity index (χ0) is 24.5. The molecule has 1 atom stereocenters. The summed E-state index contributed by atoms with van der Waals surface area (Å²) < 4.78 is 52.7. The van der Waals surface area contributed by atoms with Crippen molar-refractivity contribution in [2.45, 2.75) is 25.8 Å². The van der Waals surface area contributed by atoms with Crippen LogP contribution in [0.15, 0.2) is 36.4 Å². The van der Waals surface area contributed by atoms with Crippen molar-refractivity contribution in [3.63, 3.8) is 0 Å². The molecular formula is C24H28F2N3O4P. The summed E-state index contributed by atoms with van der Waals surface area (Å²) in [6.45, 7) is 3.20. The number of methoxy groups -OCH3 is 1. The average Bonchev–Trinajstić information content (AvgIpc) is 2.83. The van der Waals surface area contributed by atoms with Crippen LogP contribution in [0.1, 0.15) is 29.9 Å². The number of hydrogen-bond acceptors (Lipinski definition) is 7. The highest BCUT2D eigenvalue weighted by molar-refractivity contribution is 7.71. The molecule has 2 heterocycles. The first-order chi connectivity index (χ1) is 16.2. The Morgan fingerprint density at radius 1 is 1.24 bits per heavy atom. The van der Waals surface area contributed by atoms with E-state index >= 15 is 0 Å². The van der Waals surface area contributed by atoms with Crippen LogP contribution in [-0.2, 0) is 15.2 Å². The van der Waals surface area contributed by atoms with Crippen molar-refractivity contribution in [3.05, 3.63) is 53.3 Å². The van der Waals surface area contributed by atoms with Crippen LogP contribution in [0.4, 0.5) is 14.6 Å². The lowest BCUT2D eigenvalue weighted by Gasteiger charge is -2.25. The molecule has 2 aromatic carbocycles. The van der Waals surface area contributed by atoms with Crippen molar-refractivity contribution < 1.29 is 27.9 Å². The number of nitrogens with zero attached hydrogens (tertiary/aromatic N) is 2. The molecule has 1 aliphatic heterocycles. The smallest absolute Gasteiger partial charge is 0.295 e. The lowest BCUT2D eigenvalue weighted by atomic mass is 10.0. The van der Waals surface area contributed by atoms with Gasteiger partial charge in [0.15, 0.2) is 0 Å². The summed E-state index contributed by atoms with van der Waals surface area (Å²) in [5, 5.41) is 13.7. The van der Waals surface area contributed by atoms with Crippen LogP contribution in [0, 0.1) is 6.92 Å². The third-order valence-corrected chi connectivity index (χ3v) is 9.14. The molecule has 0 radical (unpaired) electrons. The maximum absolute atomic E-state index is 14.0. The molecule has 2 N–H and O–H groups in total. The Morgan fingerprint density at radius 2 is 1.97 bits per heavy atom. The van der Waals surface area contributed by atoms with Crippen LogP contribution in [-0.4, -0.2) is 54.3 Å². The van der Waals surface area contributed by atoms with E-state index in [9.17, 15) is 13.3 Å². The average molecular weight is 491 g/mol. The summed E-state index contributed by atoms with van der Waals surface area (Å²) in [5.74, 6) is -1.77. The van der Waals surface area contributed by atoms with Gasteiger partial charge in [0.05, 0.1) is 31.1 Å². The fourth-order valence-corrected chi connectivity index (χ4v) is 6.62. The van der Waals surface area contributed by atoms with Gasteiger partial charge in [-0.1, -0.05) is 18.2 Å². The monoisotopic (exact) mass is 491 g/mol. The molecule has 3 aromatic rings. The fraction of sp³-hybridized carbons (Fsp3) is 0.417. The van der Waals surface area contributed by atoms with Crippen molar-refractivity contribution in [1.82, 2.24) is 9.97 Å². The van der Waals surface area contributed by atoms with Crippen LogP contribution in [0.25, 0.3) is 10.9 Å². The highest BCUT2D eigenvalue weighted by Crippen LogP contribution is 2.49. The van der Waals surface area contributed by atoms with Gasteiger partial charge in [-0.2, -0.15) is 8.78 Å². The van der Waals surface area contributed by atoms with E-state index in [0.717, 1.165) is 0 Å². The molecule has 0 amide bonds. The number of benzene rings is 2. The molecule has 0 saturated carbocycles. The number of aliphatic hydroxyl groups is 1. The number of aromatic nitrogens is 2. The zero-order valence-corrected chi connectivity index (χ0v) is 20.2. The molecule has 4 rings (SSSR count). The van der Waals surface area contributed by atoms with Gasteiger partial charge in [-0.15, -0.1) is 0 Å². The lowest BCUT2D eigenvalue weighted by molar-refractivity contribution is -0.0556. The molecule has 1 aromatic heterocycles.